The number of hydrogen-bond acceptors (Lipinski definition) is 1. The van der Waals surface area contributed by atoms with Crippen LogP contribution in [0.25, 0.3) is 6.08 Å². The van der Waals surface area contributed by atoms with E-state index in [4.69, 9.17) is 0 Å². The standard InChI is InChI=1S/C9H9F.CH5N/c1-3-8-6-9(10)5-4-7(8)2;1-2/h3-6H,1H2,2H3;2H2,1H3. The van der Waals surface area contributed by atoms with E-state index in [0.29, 0.717) is 0 Å². The van der Waals surface area contributed by atoms with E-state index in [1.807, 2.05) is 6.92 Å². The van der Waals surface area contributed by atoms with Gasteiger partial charge in [-0.1, -0.05) is 18.7 Å². The lowest BCUT2D eigenvalue weighted by Crippen LogP contribution is -1.81. The second-order valence-electron chi connectivity index (χ2n) is 2.21. The van der Waals surface area contributed by atoms with Crippen LogP contribution in [0.5, 0.6) is 0 Å². The molecule has 2 N–H and O–H groups in total. The van der Waals surface area contributed by atoms with Crippen LogP contribution in [-0.2, 0) is 0 Å². The van der Waals surface area contributed by atoms with E-state index in [9.17, 15) is 4.39 Å². The highest BCUT2D eigenvalue weighted by atomic mass is 19.1. The lowest BCUT2D eigenvalue weighted by molar-refractivity contribution is 0.627. The Balaban J connectivity index is 0.000000561. The lowest BCUT2D eigenvalue weighted by Gasteiger charge is -1.97. The monoisotopic (exact) mass is 167 g/mol. The van der Waals surface area contributed by atoms with Crippen molar-refractivity contribution in [1.29, 1.82) is 0 Å². The van der Waals surface area contributed by atoms with Crippen LogP contribution < -0.4 is 5.73 Å². The van der Waals surface area contributed by atoms with Gasteiger partial charge in [-0.15, -0.1) is 0 Å². The molecule has 0 spiro atoms. The summed E-state index contributed by atoms with van der Waals surface area (Å²) in [6, 6.07) is 4.66. The van der Waals surface area contributed by atoms with E-state index in [2.05, 4.69) is 12.3 Å². The molecule has 0 amide bonds. The molecule has 0 bridgehead atoms. The van der Waals surface area contributed by atoms with Crippen molar-refractivity contribution in [3.8, 4) is 0 Å². The minimum Gasteiger partial charge on any atom is -0.333 e. The largest absolute Gasteiger partial charge is 0.333 e. The van der Waals surface area contributed by atoms with Crippen molar-refractivity contribution in [3.05, 3.63) is 41.7 Å². The van der Waals surface area contributed by atoms with Gasteiger partial charge in [0.1, 0.15) is 5.82 Å². The predicted octanol–water partition coefficient (Wildman–Crippen LogP) is 2.35. The smallest absolute Gasteiger partial charge is 0.123 e. The highest BCUT2D eigenvalue weighted by Crippen LogP contribution is 2.10. The lowest BCUT2D eigenvalue weighted by atomic mass is 10.1. The van der Waals surface area contributed by atoms with Crippen LogP contribution in [0.4, 0.5) is 4.39 Å². The summed E-state index contributed by atoms with van der Waals surface area (Å²) in [5, 5.41) is 0. The van der Waals surface area contributed by atoms with Gasteiger partial charge >= 0.3 is 0 Å². The molecule has 0 aromatic heterocycles. The molecule has 0 fully saturated rings. The van der Waals surface area contributed by atoms with Crippen LogP contribution in [0.2, 0.25) is 0 Å². The quantitative estimate of drug-likeness (QED) is 0.682. The first-order valence-corrected chi connectivity index (χ1v) is 3.70. The van der Waals surface area contributed by atoms with Crippen molar-refractivity contribution < 1.29 is 4.39 Å². The molecule has 0 saturated carbocycles. The molecular weight excluding hydrogens is 153 g/mol. The Labute approximate surface area is 72.7 Å². The summed E-state index contributed by atoms with van der Waals surface area (Å²) in [6.07, 6.45) is 1.65. The van der Waals surface area contributed by atoms with Crippen molar-refractivity contribution in [3.63, 3.8) is 0 Å². The van der Waals surface area contributed by atoms with Crippen molar-refractivity contribution in [2.24, 2.45) is 5.73 Å². The van der Waals surface area contributed by atoms with E-state index in [1.54, 1.807) is 12.1 Å². The number of nitrogens with two attached hydrogens (primary N) is 1. The molecule has 0 saturated heterocycles. The summed E-state index contributed by atoms with van der Waals surface area (Å²) < 4.78 is 12.5. The van der Waals surface area contributed by atoms with Crippen LogP contribution in [0.3, 0.4) is 0 Å². The van der Waals surface area contributed by atoms with E-state index in [1.165, 1.54) is 19.2 Å². The zero-order valence-electron chi connectivity index (χ0n) is 7.47. The maximum atomic E-state index is 12.5. The normalized spacial score (nSPS) is 8.33. The molecule has 1 aromatic rings. The number of hydrogen-bond donors (Lipinski definition) is 1. The van der Waals surface area contributed by atoms with Crippen molar-refractivity contribution in [2.75, 3.05) is 7.05 Å². The van der Waals surface area contributed by atoms with Crippen molar-refractivity contribution >= 4 is 6.08 Å². The number of rotatable bonds is 1. The fourth-order valence-corrected chi connectivity index (χ4v) is 0.831. The van der Waals surface area contributed by atoms with E-state index in [-0.39, 0.29) is 5.82 Å². The molecule has 0 aliphatic heterocycles. The van der Waals surface area contributed by atoms with Gasteiger partial charge in [0.2, 0.25) is 0 Å². The van der Waals surface area contributed by atoms with Gasteiger partial charge in [-0.3, -0.25) is 0 Å². The summed E-state index contributed by atoms with van der Waals surface area (Å²) in [7, 11) is 1.50. The first-order valence-electron chi connectivity index (χ1n) is 3.70. The number of benzene rings is 1. The van der Waals surface area contributed by atoms with E-state index < -0.39 is 0 Å². The van der Waals surface area contributed by atoms with Gasteiger partial charge in [-0.2, -0.15) is 0 Å². The maximum Gasteiger partial charge on any atom is 0.123 e. The van der Waals surface area contributed by atoms with Gasteiger partial charge in [-0.05, 0) is 37.2 Å². The molecule has 1 nitrogen and oxygen atoms in total. The van der Waals surface area contributed by atoms with E-state index >= 15 is 0 Å². The molecule has 0 atom stereocenters. The molecule has 12 heavy (non-hydrogen) atoms. The Morgan fingerprint density at radius 2 is 2.00 bits per heavy atom. The molecule has 2 heteroatoms. The first kappa shape index (κ1) is 10.8. The van der Waals surface area contributed by atoms with Crippen molar-refractivity contribution in [2.45, 2.75) is 6.92 Å². The van der Waals surface area contributed by atoms with E-state index in [0.717, 1.165) is 11.1 Å². The Kier molecular flexibility index (Phi) is 4.97. The average molecular weight is 167 g/mol. The molecule has 0 aliphatic carbocycles. The molecule has 0 heterocycles. The van der Waals surface area contributed by atoms with Gasteiger partial charge < -0.3 is 5.73 Å². The summed E-state index contributed by atoms with van der Waals surface area (Å²) in [5.74, 6) is -0.208. The minimum absolute atomic E-state index is 0.208. The summed E-state index contributed by atoms with van der Waals surface area (Å²) >= 11 is 0. The summed E-state index contributed by atoms with van der Waals surface area (Å²) in [5.41, 5.74) is 6.41. The van der Waals surface area contributed by atoms with Crippen LogP contribution in [0.1, 0.15) is 11.1 Å². The SMILES string of the molecule is C=Cc1cc(F)ccc1C.CN. The number of halogens is 1. The third-order valence-corrected chi connectivity index (χ3v) is 1.46. The molecular formula is C10H14FN. The molecule has 1 aromatic carbocycles. The Hall–Kier alpha value is -1.15. The Morgan fingerprint density at radius 3 is 2.42 bits per heavy atom. The zero-order chi connectivity index (χ0) is 9.56. The maximum absolute atomic E-state index is 12.5. The molecule has 0 unspecified atom stereocenters. The zero-order valence-corrected chi connectivity index (χ0v) is 7.47. The highest BCUT2D eigenvalue weighted by Gasteiger charge is 1.93. The molecule has 66 valence electrons. The second-order valence-corrected chi connectivity index (χ2v) is 2.21. The van der Waals surface area contributed by atoms with Gasteiger partial charge in [-0.25, -0.2) is 4.39 Å². The first-order chi connectivity index (χ1) is 5.74. The molecule has 1 rings (SSSR count). The fraction of sp³-hybridized carbons (Fsp3) is 0.200. The fourth-order valence-electron chi connectivity index (χ4n) is 0.831. The van der Waals surface area contributed by atoms with Gasteiger partial charge in [0.25, 0.3) is 0 Å². The minimum atomic E-state index is -0.208. The van der Waals surface area contributed by atoms with Crippen LogP contribution in [0, 0.1) is 12.7 Å². The third-order valence-electron chi connectivity index (χ3n) is 1.46. The Bertz CT molecular complexity index is 256. The summed E-state index contributed by atoms with van der Waals surface area (Å²) in [4.78, 5) is 0. The van der Waals surface area contributed by atoms with Crippen LogP contribution in [0.15, 0.2) is 24.8 Å². The topological polar surface area (TPSA) is 26.0 Å². The van der Waals surface area contributed by atoms with Gasteiger partial charge in [0.15, 0.2) is 0 Å². The predicted molar refractivity (Wildman–Crippen MR) is 51.3 cm³/mol. The van der Waals surface area contributed by atoms with Crippen LogP contribution in [-0.4, -0.2) is 7.05 Å². The second kappa shape index (κ2) is 5.49. The van der Waals surface area contributed by atoms with Crippen LogP contribution >= 0.6 is 0 Å². The average Bonchev–Trinajstić information content (AvgIpc) is 2.13. The highest BCUT2D eigenvalue weighted by molar-refractivity contribution is 5.51. The number of aryl methyl sites for hydroxylation is 1. The summed E-state index contributed by atoms with van der Waals surface area (Å²) in [6.45, 7) is 5.49. The Morgan fingerprint density at radius 1 is 1.42 bits per heavy atom. The van der Waals surface area contributed by atoms with Gasteiger partial charge in [0, 0.05) is 0 Å². The van der Waals surface area contributed by atoms with Crippen molar-refractivity contribution in [1.82, 2.24) is 0 Å². The third kappa shape index (κ3) is 2.84. The van der Waals surface area contributed by atoms with Gasteiger partial charge in [0.05, 0.1) is 0 Å². The molecule has 0 aliphatic rings. The molecule has 0 radical (unpaired) electrons.